The van der Waals surface area contributed by atoms with Crippen LogP contribution in [-0.2, 0) is 11.3 Å². The van der Waals surface area contributed by atoms with Crippen LogP contribution in [0.1, 0.15) is 11.1 Å². The number of aromatic nitrogens is 1. The zero-order valence-corrected chi connectivity index (χ0v) is 17.9. The first-order valence-corrected chi connectivity index (χ1v) is 10.5. The van der Waals surface area contributed by atoms with Crippen molar-refractivity contribution in [3.8, 4) is 11.6 Å². The van der Waals surface area contributed by atoms with E-state index in [2.05, 4.69) is 4.98 Å². The predicted octanol–water partition coefficient (Wildman–Crippen LogP) is 5.67. The summed E-state index contributed by atoms with van der Waals surface area (Å²) < 4.78 is 5.57. The van der Waals surface area contributed by atoms with Crippen molar-refractivity contribution in [2.75, 3.05) is 0 Å². The number of rotatable bonds is 6. The molecule has 1 aliphatic rings. The number of carbonyl (C=O) groups excluding carboxylic acids is 2. The molecule has 0 atom stereocenters. The summed E-state index contributed by atoms with van der Waals surface area (Å²) in [5.74, 6) is 0.330. The first kappa shape index (κ1) is 21.5. The van der Waals surface area contributed by atoms with E-state index in [1.807, 2.05) is 0 Å². The molecule has 32 heavy (non-hydrogen) atoms. The fraction of sp³-hybridized carbons (Fsp3) is 0.0455. The number of benzene rings is 2. The highest BCUT2D eigenvalue weighted by atomic mass is 35.5. The zero-order chi connectivity index (χ0) is 22.7. The minimum atomic E-state index is -0.539. The normalized spacial score (nSPS) is 14.8. The van der Waals surface area contributed by atoms with Gasteiger partial charge in [-0.3, -0.25) is 24.6 Å². The molecule has 160 valence electrons. The number of amides is 2. The molecule has 2 amide bonds. The number of hydrogen-bond donors (Lipinski definition) is 0. The van der Waals surface area contributed by atoms with Crippen molar-refractivity contribution >= 4 is 46.3 Å². The summed E-state index contributed by atoms with van der Waals surface area (Å²) in [4.78, 5) is 40.6. The van der Waals surface area contributed by atoms with E-state index in [0.717, 1.165) is 23.5 Å². The van der Waals surface area contributed by atoms with Gasteiger partial charge in [-0.2, -0.15) is 0 Å². The Morgan fingerprint density at radius 3 is 2.41 bits per heavy atom. The minimum Gasteiger partial charge on any atom is -0.439 e. The van der Waals surface area contributed by atoms with Crippen LogP contribution < -0.4 is 4.74 Å². The predicted molar refractivity (Wildman–Crippen MR) is 120 cm³/mol. The fourth-order valence-corrected chi connectivity index (χ4v) is 3.82. The standard InChI is InChI=1S/C22H14ClN3O5S/c23-16-5-1-15(2-6-16)13-25-21(27)19(32-22(25)28)11-14-3-8-18(9-4-14)31-20-10-7-17(12-24-20)26(29)30/h1-12H,13H2/b19-11-. The van der Waals surface area contributed by atoms with Crippen LogP contribution in [0.2, 0.25) is 5.02 Å². The Balaban J connectivity index is 1.43. The minimum absolute atomic E-state index is 0.127. The lowest BCUT2D eigenvalue weighted by Crippen LogP contribution is -2.27. The van der Waals surface area contributed by atoms with E-state index in [1.165, 1.54) is 17.0 Å². The Kier molecular flexibility index (Phi) is 6.20. The van der Waals surface area contributed by atoms with E-state index in [4.69, 9.17) is 16.3 Å². The molecule has 0 saturated carbocycles. The van der Waals surface area contributed by atoms with E-state index in [0.29, 0.717) is 21.2 Å². The van der Waals surface area contributed by atoms with Gasteiger partial charge in [0.1, 0.15) is 11.9 Å². The van der Waals surface area contributed by atoms with Crippen LogP contribution in [0.25, 0.3) is 6.08 Å². The molecular weight excluding hydrogens is 454 g/mol. The molecule has 4 rings (SSSR count). The van der Waals surface area contributed by atoms with Crippen molar-refractivity contribution < 1.29 is 19.2 Å². The van der Waals surface area contributed by atoms with Crippen molar-refractivity contribution in [3.63, 3.8) is 0 Å². The summed E-state index contributed by atoms with van der Waals surface area (Å²) in [5, 5.41) is 10.9. The molecule has 8 nitrogen and oxygen atoms in total. The van der Waals surface area contributed by atoms with E-state index >= 15 is 0 Å². The topological polar surface area (TPSA) is 103 Å². The molecule has 3 aromatic rings. The molecule has 0 aliphatic carbocycles. The smallest absolute Gasteiger partial charge is 0.293 e. The molecule has 10 heteroatoms. The van der Waals surface area contributed by atoms with Gasteiger partial charge in [0.15, 0.2) is 0 Å². The van der Waals surface area contributed by atoms with Crippen LogP contribution in [0.4, 0.5) is 10.5 Å². The maximum Gasteiger partial charge on any atom is 0.293 e. The number of pyridine rings is 1. The van der Waals surface area contributed by atoms with Gasteiger partial charge in [-0.15, -0.1) is 0 Å². The molecule has 0 N–H and O–H groups in total. The monoisotopic (exact) mass is 467 g/mol. The molecule has 0 spiro atoms. The number of carbonyl (C=O) groups is 2. The van der Waals surface area contributed by atoms with Crippen molar-refractivity contribution in [1.82, 2.24) is 9.88 Å². The van der Waals surface area contributed by atoms with Crippen LogP contribution in [-0.4, -0.2) is 26.0 Å². The molecule has 2 aromatic carbocycles. The number of nitro groups is 1. The number of ether oxygens (including phenoxy) is 1. The van der Waals surface area contributed by atoms with Crippen LogP contribution in [0.3, 0.4) is 0 Å². The molecule has 0 radical (unpaired) electrons. The summed E-state index contributed by atoms with van der Waals surface area (Å²) in [5.41, 5.74) is 1.39. The van der Waals surface area contributed by atoms with E-state index in [1.54, 1.807) is 54.6 Å². The van der Waals surface area contributed by atoms with Gasteiger partial charge in [-0.25, -0.2) is 4.98 Å². The van der Waals surface area contributed by atoms with Crippen LogP contribution in [0.5, 0.6) is 11.6 Å². The molecule has 0 unspecified atom stereocenters. The molecule has 1 aliphatic heterocycles. The number of hydrogen-bond acceptors (Lipinski definition) is 7. The highest BCUT2D eigenvalue weighted by molar-refractivity contribution is 8.18. The summed E-state index contributed by atoms with van der Waals surface area (Å²) in [6, 6.07) is 16.5. The Labute approximate surface area is 191 Å². The highest BCUT2D eigenvalue weighted by Gasteiger charge is 2.34. The van der Waals surface area contributed by atoms with Crippen molar-refractivity contribution in [3.05, 3.63) is 98.0 Å². The van der Waals surface area contributed by atoms with Crippen LogP contribution in [0.15, 0.2) is 71.8 Å². The maximum atomic E-state index is 12.7. The van der Waals surface area contributed by atoms with E-state index in [-0.39, 0.29) is 29.3 Å². The number of halogens is 1. The van der Waals surface area contributed by atoms with Gasteiger partial charge in [-0.05, 0) is 53.2 Å². The number of nitrogens with zero attached hydrogens (tertiary/aromatic N) is 3. The molecule has 2 heterocycles. The SMILES string of the molecule is O=C1S/C(=C\c2ccc(Oc3ccc([N+](=O)[O-])cn3)cc2)C(=O)N1Cc1ccc(Cl)cc1. The van der Waals surface area contributed by atoms with Gasteiger partial charge in [0.05, 0.1) is 16.4 Å². The number of imide groups is 1. The fourth-order valence-electron chi connectivity index (χ4n) is 2.85. The van der Waals surface area contributed by atoms with Gasteiger partial charge >= 0.3 is 0 Å². The van der Waals surface area contributed by atoms with E-state index in [9.17, 15) is 19.7 Å². The van der Waals surface area contributed by atoms with E-state index < -0.39 is 4.92 Å². The largest absolute Gasteiger partial charge is 0.439 e. The Bertz CT molecular complexity index is 1210. The van der Waals surface area contributed by atoms with Crippen LogP contribution >= 0.6 is 23.4 Å². The lowest BCUT2D eigenvalue weighted by molar-refractivity contribution is -0.385. The molecule has 1 saturated heterocycles. The lowest BCUT2D eigenvalue weighted by Gasteiger charge is -2.12. The third kappa shape index (κ3) is 4.96. The second-order valence-electron chi connectivity index (χ2n) is 6.68. The van der Waals surface area contributed by atoms with Crippen molar-refractivity contribution in [2.45, 2.75) is 6.54 Å². The Hall–Kier alpha value is -3.69. The maximum absolute atomic E-state index is 12.7. The van der Waals surface area contributed by atoms with Crippen molar-refractivity contribution in [1.29, 1.82) is 0 Å². The summed E-state index contributed by atoms with van der Waals surface area (Å²) in [7, 11) is 0. The molecular formula is C22H14ClN3O5S. The Morgan fingerprint density at radius 2 is 1.78 bits per heavy atom. The van der Waals surface area contributed by atoms with Gasteiger partial charge in [-0.1, -0.05) is 35.9 Å². The van der Waals surface area contributed by atoms with Gasteiger partial charge in [0.2, 0.25) is 5.88 Å². The zero-order valence-electron chi connectivity index (χ0n) is 16.3. The van der Waals surface area contributed by atoms with Gasteiger partial charge in [0.25, 0.3) is 16.8 Å². The van der Waals surface area contributed by atoms with Gasteiger partial charge in [0, 0.05) is 17.2 Å². The van der Waals surface area contributed by atoms with Crippen LogP contribution in [0, 0.1) is 10.1 Å². The number of thioether (sulfide) groups is 1. The highest BCUT2D eigenvalue weighted by Crippen LogP contribution is 2.33. The first-order valence-electron chi connectivity index (χ1n) is 9.27. The first-order chi connectivity index (χ1) is 15.4. The van der Waals surface area contributed by atoms with Crippen molar-refractivity contribution in [2.24, 2.45) is 0 Å². The van der Waals surface area contributed by atoms with Gasteiger partial charge < -0.3 is 4.74 Å². The third-order valence-electron chi connectivity index (χ3n) is 4.46. The third-order valence-corrected chi connectivity index (χ3v) is 5.62. The summed E-state index contributed by atoms with van der Waals surface area (Å²) >= 11 is 6.76. The summed E-state index contributed by atoms with van der Waals surface area (Å²) in [6.07, 6.45) is 2.75. The lowest BCUT2D eigenvalue weighted by atomic mass is 10.2. The molecule has 0 bridgehead atoms. The Morgan fingerprint density at radius 1 is 1.06 bits per heavy atom. The second kappa shape index (κ2) is 9.21. The average Bonchev–Trinajstić information content (AvgIpc) is 3.04. The second-order valence-corrected chi connectivity index (χ2v) is 8.11. The molecule has 1 fully saturated rings. The summed E-state index contributed by atoms with van der Waals surface area (Å²) in [6.45, 7) is 0.175. The quantitative estimate of drug-likeness (QED) is 0.261. The average molecular weight is 468 g/mol. The molecule has 1 aromatic heterocycles.